The van der Waals surface area contributed by atoms with Crippen molar-refractivity contribution in [2.45, 2.75) is 39.8 Å². The average molecular weight is 554 g/mol. The molecule has 2 rings (SSSR count). The highest BCUT2D eigenvalue weighted by Gasteiger charge is 2.36. The Morgan fingerprint density at radius 2 is 1.73 bits per heavy atom. The Morgan fingerprint density at radius 1 is 1.09 bits per heavy atom. The van der Waals surface area contributed by atoms with E-state index in [1.165, 1.54) is 13.2 Å². The number of halogens is 4. The Bertz CT molecular complexity index is 991. The Balaban J connectivity index is 2.41. The molecule has 184 valence electrons. The molecule has 0 aliphatic rings. The molecule has 0 saturated carbocycles. The Morgan fingerprint density at radius 3 is 2.24 bits per heavy atom. The van der Waals surface area contributed by atoms with Crippen molar-refractivity contribution in [3.05, 3.63) is 45.9 Å². The van der Waals surface area contributed by atoms with Crippen LogP contribution in [0.4, 0.5) is 18.9 Å². The van der Waals surface area contributed by atoms with E-state index in [9.17, 15) is 17.7 Å². The van der Waals surface area contributed by atoms with Gasteiger partial charge in [-0.3, -0.25) is 4.57 Å². The van der Waals surface area contributed by atoms with Crippen LogP contribution in [0, 0.1) is 0 Å². The van der Waals surface area contributed by atoms with Gasteiger partial charge in [0.1, 0.15) is 23.3 Å². The zero-order valence-electron chi connectivity index (χ0n) is 19.1. The summed E-state index contributed by atoms with van der Waals surface area (Å²) in [6, 6.07) is 7.17. The SMILES string of the molecule is CCOP(=O)(CNc1cc(Br)c(Oc2ccc(OC)c(C(C)C)c2)c(C(F)(F)F)c1)OCC. The van der Waals surface area contributed by atoms with Gasteiger partial charge in [0.15, 0.2) is 5.75 Å². The molecule has 33 heavy (non-hydrogen) atoms. The van der Waals surface area contributed by atoms with E-state index in [0.717, 1.165) is 11.6 Å². The second kappa shape index (κ2) is 11.6. The number of nitrogens with one attached hydrogen (secondary N) is 1. The molecular weight excluding hydrogens is 526 g/mol. The van der Waals surface area contributed by atoms with Gasteiger partial charge in [-0.05, 0) is 66.0 Å². The largest absolute Gasteiger partial charge is 0.496 e. The van der Waals surface area contributed by atoms with E-state index < -0.39 is 19.3 Å². The van der Waals surface area contributed by atoms with Crippen LogP contribution in [0.15, 0.2) is 34.8 Å². The molecule has 2 aromatic carbocycles. The van der Waals surface area contributed by atoms with Crippen molar-refractivity contribution < 1.29 is 36.3 Å². The van der Waals surface area contributed by atoms with Gasteiger partial charge < -0.3 is 23.8 Å². The third-order valence-corrected chi connectivity index (χ3v) is 6.96. The minimum atomic E-state index is -4.70. The molecule has 0 radical (unpaired) electrons. The summed E-state index contributed by atoms with van der Waals surface area (Å²) >= 11 is 3.18. The molecule has 0 fully saturated rings. The highest BCUT2D eigenvalue weighted by Crippen LogP contribution is 2.49. The lowest BCUT2D eigenvalue weighted by Gasteiger charge is -2.21. The van der Waals surface area contributed by atoms with E-state index >= 15 is 0 Å². The standard InChI is InChI=1S/C22H28BrF3NO5P/c1-6-30-33(28,31-7-2)13-27-15-10-18(22(24,25)26)21(19(23)11-15)32-16-8-9-20(29-5)17(12-16)14(3)4/h8-12,14,27H,6-7,13H2,1-5H3. The normalized spacial score (nSPS) is 12.2. The number of methoxy groups -OCH3 is 1. The van der Waals surface area contributed by atoms with Gasteiger partial charge in [-0.15, -0.1) is 0 Å². The summed E-state index contributed by atoms with van der Waals surface area (Å²) in [5, 5.41) is 2.72. The summed E-state index contributed by atoms with van der Waals surface area (Å²) in [5.41, 5.74) is -0.108. The van der Waals surface area contributed by atoms with Gasteiger partial charge in [0.2, 0.25) is 0 Å². The van der Waals surface area contributed by atoms with E-state index in [-0.39, 0.29) is 47.1 Å². The molecule has 0 aliphatic heterocycles. The molecule has 0 bridgehead atoms. The van der Waals surface area contributed by atoms with Gasteiger partial charge >= 0.3 is 13.8 Å². The molecule has 0 spiro atoms. The Kier molecular flexibility index (Phi) is 9.67. The number of rotatable bonds is 11. The quantitative estimate of drug-likeness (QED) is 0.284. The maximum absolute atomic E-state index is 13.9. The number of benzene rings is 2. The first kappa shape index (κ1) is 27.5. The predicted octanol–water partition coefficient (Wildman–Crippen LogP) is 8.03. The maximum atomic E-state index is 13.9. The van der Waals surface area contributed by atoms with Gasteiger partial charge in [-0.1, -0.05) is 13.8 Å². The summed E-state index contributed by atoms with van der Waals surface area (Å²) in [6.45, 7) is 7.48. The molecule has 11 heteroatoms. The van der Waals surface area contributed by atoms with Gasteiger partial charge in [0.25, 0.3) is 0 Å². The van der Waals surface area contributed by atoms with Crippen molar-refractivity contribution >= 4 is 29.2 Å². The summed E-state index contributed by atoms with van der Waals surface area (Å²) in [6.07, 6.45) is -4.98. The molecule has 0 saturated heterocycles. The van der Waals surface area contributed by atoms with Crippen molar-refractivity contribution in [2.75, 3.05) is 31.9 Å². The highest BCUT2D eigenvalue weighted by atomic mass is 79.9. The minimum Gasteiger partial charge on any atom is -0.496 e. The predicted molar refractivity (Wildman–Crippen MR) is 126 cm³/mol. The molecule has 0 atom stereocenters. The van der Waals surface area contributed by atoms with Crippen LogP contribution in [0.5, 0.6) is 17.2 Å². The smallest absolute Gasteiger partial charge is 0.420 e. The van der Waals surface area contributed by atoms with E-state index in [1.54, 1.807) is 32.0 Å². The lowest BCUT2D eigenvalue weighted by Crippen LogP contribution is -2.11. The summed E-state index contributed by atoms with van der Waals surface area (Å²) in [5.74, 6) is 0.557. The van der Waals surface area contributed by atoms with Crippen LogP contribution in [0.1, 0.15) is 44.7 Å². The zero-order valence-corrected chi connectivity index (χ0v) is 21.6. The number of ether oxygens (including phenoxy) is 2. The molecule has 0 amide bonds. The fourth-order valence-corrected chi connectivity index (χ4v) is 5.03. The monoisotopic (exact) mass is 553 g/mol. The van der Waals surface area contributed by atoms with Crippen LogP contribution in [-0.4, -0.2) is 26.6 Å². The third-order valence-electron chi connectivity index (χ3n) is 4.52. The van der Waals surface area contributed by atoms with Gasteiger partial charge in [-0.25, -0.2) is 0 Å². The van der Waals surface area contributed by atoms with Gasteiger partial charge in [-0.2, -0.15) is 13.2 Å². The Hall–Kier alpha value is -1.74. The highest BCUT2D eigenvalue weighted by molar-refractivity contribution is 9.10. The summed E-state index contributed by atoms with van der Waals surface area (Å²) in [7, 11) is -1.97. The van der Waals surface area contributed by atoms with E-state index in [1.807, 2.05) is 13.8 Å². The number of anilines is 1. The van der Waals surface area contributed by atoms with E-state index in [2.05, 4.69) is 21.2 Å². The zero-order chi connectivity index (χ0) is 24.8. The van der Waals surface area contributed by atoms with Crippen LogP contribution < -0.4 is 14.8 Å². The summed E-state index contributed by atoms with van der Waals surface area (Å²) < 4.78 is 75.7. The lowest BCUT2D eigenvalue weighted by molar-refractivity contribution is -0.138. The summed E-state index contributed by atoms with van der Waals surface area (Å²) in [4.78, 5) is 0. The molecule has 1 N–H and O–H groups in total. The first-order valence-corrected chi connectivity index (χ1v) is 12.8. The van der Waals surface area contributed by atoms with Gasteiger partial charge in [0.05, 0.1) is 24.8 Å². The van der Waals surface area contributed by atoms with Crippen molar-refractivity contribution in [1.82, 2.24) is 0 Å². The van der Waals surface area contributed by atoms with Crippen LogP contribution >= 0.6 is 23.5 Å². The molecule has 0 unspecified atom stereocenters. The van der Waals surface area contributed by atoms with E-state index in [4.69, 9.17) is 18.5 Å². The minimum absolute atomic E-state index is 0.0735. The molecule has 0 aromatic heterocycles. The third kappa shape index (κ3) is 7.37. The topological polar surface area (TPSA) is 66.0 Å². The van der Waals surface area contributed by atoms with Crippen LogP contribution in [0.3, 0.4) is 0 Å². The average Bonchev–Trinajstić information content (AvgIpc) is 2.73. The molecule has 2 aromatic rings. The maximum Gasteiger partial charge on any atom is 0.420 e. The molecular formula is C22H28BrF3NO5P. The fourth-order valence-electron chi connectivity index (χ4n) is 3.06. The second-order valence-corrected chi connectivity index (χ2v) is 10.2. The first-order valence-electron chi connectivity index (χ1n) is 10.3. The van der Waals surface area contributed by atoms with Crippen molar-refractivity contribution in [3.63, 3.8) is 0 Å². The van der Waals surface area contributed by atoms with Gasteiger partial charge in [0, 0.05) is 11.3 Å². The van der Waals surface area contributed by atoms with Crippen molar-refractivity contribution in [2.24, 2.45) is 0 Å². The first-order chi connectivity index (χ1) is 15.4. The lowest BCUT2D eigenvalue weighted by atomic mass is 10.0. The van der Waals surface area contributed by atoms with Crippen molar-refractivity contribution in [1.29, 1.82) is 0 Å². The number of hydrogen-bond donors (Lipinski definition) is 1. The number of alkyl halides is 3. The molecule has 6 nitrogen and oxygen atoms in total. The van der Waals surface area contributed by atoms with Crippen molar-refractivity contribution in [3.8, 4) is 17.2 Å². The molecule has 0 heterocycles. The van der Waals surface area contributed by atoms with Crippen LogP contribution in [0.25, 0.3) is 0 Å². The van der Waals surface area contributed by atoms with Crippen LogP contribution in [0.2, 0.25) is 0 Å². The van der Waals surface area contributed by atoms with E-state index in [0.29, 0.717) is 5.75 Å². The fraction of sp³-hybridized carbons (Fsp3) is 0.455. The molecule has 0 aliphatic carbocycles. The second-order valence-electron chi connectivity index (χ2n) is 7.27. The Labute approximate surface area is 200 Å². The number of hydrogen-bond acceptors (Lipinski definition) is 6. The van der Waals surface area contributed by atoms with Crippen LogP contribution in [-0.2, 0) is 19.8 Å².